The van der Waals surface area contributed by atoms with Crippen molar-refractivity contribution in [3.05, 3.63) is 81.3 Å². The Bertz CT molecular complexity index is 1490. The second-order valence-electron chi connectivity index (χ2n) is 10.0. The van der Waals surface area contributed by atoms with Crippen molar-refractivity contribution in [2.45, 2.75) is 38.4 Å². The van der Waals surface area contributed by atoms with Crippen LogP contribution in [0.5, 0.6) is 0 Å². The Labute approximate surface area is 219 Å². The number of rotatable bonds is 4. The van der Waals surface area contributed by atoms with Crippen LogP contribution in [0.4, 0.5) is 5.69 Å². The van der Waals surface area contributed by atoms with Crippen molar-refractivity contribution in [3.8, 4) is 11.1 Å². The molecule has 0 bridgehead atoms. The van der Waals surface area contributed by atoms with Gasteiger partial charge in [0.15, 0.2) is 0 Å². The van der Waals surface area contributed by atoms with Gasteiger partial charge in [0.2, 0.25) is 0 Å². The van der Waals surface area contributed by atoms with Crippen LogP contribution in [0.3, 0.4) is 0 Å². The van der Waals surface area contributed by atoms with E-state index in [1.807, 2.05) is 35.4 Å². The lowest BCUT2D eigenvalue weighted by Gasteiger charge is -2.38. The van der Waals surface area contributed by atoms with Gasteiger partial charge in [-0.2, -0.15) is 0 Å². The highest BCUT2D eigenvalue weighted by atomic mass is 35.5. The van der Waals surface area contributed by atoms with Gasteiger partial charge in [-0.05, 0) is 67.3 Å². The molecule has 7 rings (SSSR count). The summed E-state index contributed by atoms with van der Waals surface area (Å²) in [5.41, 5.74) is 7.98. The number of hydrogen-bond acceptors (Lipinski definition) is 5. The number of nitrogens with zero attached hydrogens (tertiary/aromatic N) is 3. The predicted molar refractivity (Wildman–Crippen MR) is 147 cm³/mol. The highest BCUT2D eigenvalue weighted by molar-refractivity contribution is 7.19. The Hall–Kier alpha value is -2.93. The summed E-state index contributed by atoms with van der Waals surface area (Å²) < 4.78 is 1.16. The molecule has 2 aromatic heterocycles. The minimum Gasteiger partial charge on any atom is -0.366 e. The summed E-state index contributed by atoms with van der Waals surface area (Å²) in [6.07, 6.45) is 5.29. The maximum Gasteiger partial charge on any atom is 0.254 e. The van der Waals surface area contributed by atoms with Gasteiger partial charge in [0.25, 0.3) is 5.91 Å². The van der Waals surface area contributed by atoms with Gasteiger partial charge in [-0.1, -0.05) is 29.8 Å². The Morgan fingerprint density at radius 2 is 2.00 bits per heavy atom. The van der Waals surface area contributed by atoms with E-state index >= 15 is 0 Å². The van der Waals surface area contributed by atoms with Crippen LogP contribution >= 0.6 is 22.9 Å². The summed E-state index contributed by atoms with van der Waals surface area (Å²) in [5.74, 6) is 0.112. The van der Waals surface area contributed by atoms with E-state index in [9.17, 15) is 4.79 Å². The zero-order valence-corrected chi connectivity index (χ0v) is 21.5. The molecule has 1 atom stereocenters. The first-order valence-corrected chi connectivity index (χ1v) is 13.9. The summed E-state index contributed by atoms with van der Waals surface area (Å²) in [5, 5.41) is 4.33. The predicted octanol–water partition coefficient (Wildman–Crippen LogP) is 5.89. The van der Waals surface area contributed by atoms with Gasteiger partial charge in [0.1, 0.15) is 0 Å². The second-order valence-corrected chi connectivity index (χ2v) is 11.6. The van der Waals surface area contributed by atoms with E-state index in [4.69, 9.17) is 16.6 Å². The fourth-order valence-electron chi connectivity index (χ4n) is 6.12. The molecular formula is C29H27ClN4OS. The van der Waals surface area contributed by atoms with Crippen LogP contribution in [0.2, 0.25) is 5.02 Å². The SMILES string of the molecule is O=C1c2ccccc2CN1Cc1cc2nccc(-c3cc(Cl)cc4c3N([C@H]3CCNC3)CCC4)c2s1. The quantitative estimate of drug-likeness (QED) is 0.369. The number of thiophene rings is 1. The molecule has 5 nitrogen and oxygen atoms in total. The Morgan fingerprint density at radius 3 is 2.86 bits per heavy atom. The van der Waals surface area contributed by atoms with Gasteiger partial charge in [-0.3, -0.25) is 9.78 Å². The lowest BCUT2D eigenvalue weighted by molar-refractivity contribution is 0.0768. The number of hydrogen-bond donors (Lipinski definition) is 1. The first-order valence-electron chi connectivity index (χ1n) is 12.7. The summed E-state index contributed by atoms with van der Waals surface area (Å²) in [6, 6.07) is 17.0. The smallest absolute Gasteiger partial charge is 0.254 e. The van der Waals surface area contributed by atoms with Crippen LogP contribution < -0.4 is 10.2 Å². The molecule has 1 fully saturated rings. The topological polar surface area (TPSA) is 48.5 Å². The molecule has 2 aromatic carbocycles. The number of aromatic nitrogens is 1. The van der Waals surface area contributed by atoms with E-state index in [1.54, 1.807) is 11.3 Å². The molecule has 7 heteroatoms. The molecule has 1 saturated heterocycles. The Morgan fingerprint density at radius 1 is 1.08 bits per heavy atom. The molecule has 0 radical (unpaired) electrons. The summed E-state index contributed by atoms with van der Waals surface area (Å²) in [4.78, 5) is 23.4. The third kappa shape index (κ3) is 3.71. The maximum atomic E-state index is 13.0. The molecule has 182 valence electrons. The largest absolute Gasteiger partial charge is 0.366 e. The molecule has 5 heterocycles. The van der Waals surface area contributed by atoms with Gasteiger partial charge in [-0.15, -0.1) is 11.3 Å². The molecule has 1 amide bonds. The van der Waals surface area contributed by atoms with E-state index in [1.165, 1.54) is 28.8 Å². The van der Waals surface area contributed by atoms with Crippen LogP contribution in [0.15, 0.2) is 54.7 Å². The third-order valence-electron chi connectivity index (χ3n) is 7.76. The van der Waals surface area contributed by atoms with Crippen molar-refractivity contribution in [3.63, 3.8) is 0 Å². The number of carbonyl (C=O) groups excluding carboxylic acids is 1. The van der Waals surface area contributed by atoms with Crippen molar-refractivity contribution in [1.29, 1.82) is 0 Å². The Balaban J connectivity index is 1.29. The number of halogens is 1. The van der Waals surface area contributed by atoms with Crippen molar-refractivity contribution in [2.75, 3.05) is 24.5 Å². The average molecular weight is 515 g/mol. The maximum absolute atomic E-state index is 13.0. The molecular weight excluding hydrogens is 488 g/mol. The zero-order valence-electron chi connectivity index (χ0n) is 20.0. The number of nitrogens with one attached hydrogen (secondary N) is 1. The first-order chi connectivity index (χ1) is 17.7. The van der Waals surface area contributed by atoms with Crippen LogP contribution in [0, 0.1) is 0 Å². The molecule has 4 aromatic rings. The van der Waals surface area contributed by atoms with Crippen molar-refractivity contribution in [2.24, 2.45) is 0 Å². The van der Waals surface area contributed by atoms with Crippen LogP contribution in [-0.2, 0) is 19.5 Å². The molecule has 36 heavy (non-hydrogen) atoms. The first kappa shape index (κ1) is 22.3. The normalized spacial score (nSPS) is 19.2. The van der Waals surface area contributed by atoms with Crippen molar-refractivity contribution < 1.29 is 4.79 Å². The number of benzene rings is 2. The van der Waals surface area contributed by atoms with Crippen molar-refractivity contribution in [1.82, 2.24) is 15.2 Å². The molecule has 0 unspecified atom stereocenters. The lowest BCUT2D eigenvalue weighted by atomic mass is 9.92. The zero-order chi connectivity index (χ0) is 24.2. The highest BCUT2D eigenvalue weighted by Crippen LogP contribution is 2.44. The summed E-state index contributed by atoms with van der Waals surface area (Å²) >= 11 is 8.43. The number of aryl methyl sites for hydroxylation is 1. The number of pyridine rings is 1. The second kappa shape index (κ2) is 8.87. The van der Waals surface area contributed by atoms with Crippen LogP contribution in [0.25, 0.3) is 21.3 Å². The van der Waals surface area contributed by atoms with Crippen LogP contribution in [0.1, 0.15) is 39.2 Å². The van der Waals surface area contributed by atoms with Gasteiger partial charge >= 0.3 is 0 Å². The molecule has 3 aliphatic rings. The van der Waals surface area contributed by atoms with E-state index < -0.39 is 0 Å². The molecule has 0 aliphatic carbocycles. The Kier molecular flexibility index (Phi) is 5.49. The molecule has 0 spiro atoms. The third-order valence-corrected chi connectivity index (χ3v) is 9.12. The monoisotopic (exact) mass is 514 g/mol. The van der Waals surface area contributed by atoms with E-state index in [0.717, 1.165) is 63.7 Å². The van der Waals surface area contributed by atoms with Gasteiger partial charge in [0, 0.05) is 64.2 Å². The van der Waals surface area contributed by atoms with E-state index in [-0.39, 0.29) is 5.91 Å². The number of fused-ring (bicyclic) bond motifs is 3. The van der Waals surface area contributed by atoms with Crippen LogP contribution in [-0.4, -0.2) is 41.5 Å². The molecule has 0 saturated carbocycles. The fourth-order valence-corrected chi connectivity index (χ4v) is 7.52. The highest BCUT2D eigenvalue weighted by Gasteiger charge is 2.31. The fraction of sp³-hybridized carbons (Fsp3) is 0.310. The minimum absolute atomic E-state index is 0.112. The number of carbonyl (C=O) groups is 1. The molecule has 3 aliphatic heterocycles. The van der Waals surface area contributed by atoms with Gasteiger partial charge in [-0.25, -0.2) is 0 Å². The van der Waals surface area contributed by atoms with Gasteiger partial charge < -0.3 is 15.1 Å². The van der Waals surface area contributed by atoms with Crippen molar-refractivity contribution >= 4 is 44.7 Å². The average Bonchev–Trinajstić information content (AvgIpc) is 3.63. The summed E-state index contributed by atoms with van der Waals surface area (Å²) in [7, 11) is 0. The number of anilines is 1. The number of amides is 1. The standard InChI is InChI=1S/C29H27ClN4OS/c30-20-12-18-5-3-11-34(21-7-9-31-15-21)27(18)25(13-20)24-8-10-32-26-14-22(36-28(24)26)17-33-16-19-4-1-2-6-23(19)29(33)35/h1-2,4,6,8,10,12-14,21,31H,3,5,7,9,11,15-17H2/t21-/m0/s1. The van der Waals surface area contributed by atoms with E-state index in [0.29, 0.717) is 19.1 Å². The lowest BCUT2D eigenvalue weighted by Crippen LogP contribution is -2.40. The van der Waals surface area contributed by atoms with Gasteiger partial charge in [0.05, 0.1) is 16.8 Å². The van der Waals surface area contributed by atoms with E-state index in [2.05, 4.69) is 34.5 Å². The molecule has 1 N–H and O–H groups in total. The minimum atomic E-state index is 0.112. The summed E-state index contributed by atoms with van der Waals surface area (Å²) in [6.45, 7) is 4.45.